The fourth-order valence-corrected chi connectivity index (χ4v) is 3.39. The first kappa shape index (κ1) is 14.9. The summed E-state index contributed by atoms with van der Waals surface area (Å²) in [6.07, 6.45) is 3.52. The Hall–Kier alpha value is -2.06. The van der Waals surface area contributed by atoms with Gasteiger partial charge in [0.15, 0.2) is 5.82 Å². The van der Waals surface area contributed by atoms with Crippen LogP contribution >= 0.6 is 22.7 Å². The topological polar surface area (TPSA) is 80.9 Å². The third-order valence-corrected chi connectivity index (χ3v) is 4.62. The van der Waals surface area contributed by atoms with Gasteiger partial charge in [0.25, 0.3) is 11.8 Å². The lowest BCUT2D eigenvalue weighted by Gasteiger charge is -1.98. The molecule has 0 bridgehead atoms. The zero-order valence-electron chi connectivity index (χ0n) is 11.9. The largest absolute Gasteiger partial charge is 0.344 e. The lowest BCUT2D eigenvalue weighted by molar-refractivity contribution is 0.0953. The monoisotopic (exact) mass is 334 g/mol. The van der Waals surface area contributed by atoms with E-state index >= 15 is 0 Å². The number of aromatic nitrogens is 3. The number of carbonyl (C=O) groups excluding carboxylic acids is 1. The van der Waals surface area contributed by atoms with E-state index in [1.54, 1.807) is 17.5 Å². The third kappa shape index (κ3) is 3.40. The van der Waals surface area contributed by atoms with Gasteiger partial charge in [0.2, 0.25) is 0 Å². The van der Waals surface area contributed by atoms with E-state index in [0.717, 1.165) is 23.4 Å². The summed E-state index contributed by atoms with van der Waals surface area (Å²) in [5.74, 6) is 0.753. The van der Waals surface area contributed by atoms with Gasteiger partial charge >= 0.3 is 0 Å². The summed E-state index contributed by atoms with van der Waals surface area (Å²) in [6.45, 7) is 2.32. The van der Waals surface area contributed by atoms with Gasteiger partial charge in [0, 0.05) is 5.38 Å². The zero-order valence-corrected chi connectivity index (χ0v) is 13.5. The number of thiazole rings is 1. The van der Waals surface area contributed by atoms with Crippen LogP contribution in [0, 0.1) is 0 Å². The fourth-order valence-electron chi connectivity index (χ4n) is 1.82. The number of hydrogen-bond donors (Lipinski definition) is 1. The van der Waals surface area contributed by atoms with Crippen molar-refractivity contribution in [1.82, 2.24) is 20.4 Å². The molecule has 0 saturated heterocycles. The maximum atomic E-state index is 12.0. The van der Waals surface area contributed by atoms with E-state index in [-0.39, 0.29) is 12.5 Å². The van der Waals surface area contributed by atoms with E-state index in [4.69, 9.17) is 4.52 Å². The van der Waals surface area contributed by atoms with E-state index < -0.39 is 0 Å². The summed E-state index contributed by atoms with van der Waals surface area (Å²) < 4.78 is 5.17. The molecule has 3 heterocycles. The summed E-state index contributed by atoms with van der Waals surface area (Å²) >= 11 is 2.98. The van der Waals surface area contributed by atoms with Crippen LogP contribution < -0.4 is 5.32 Å². The highest BCUT2D eigenvalue weighted by atomic mass is 32.1. The van der Waals surface area contributed by atoms with Crippen LogP contribution in [0.4, 0.5) is 0 Å². The second-order valence-corrected chi connectivity index (χ2v) is 6.47. The highest BCUT2D eigenvalue weighted by molar-refractivity contribution is 7.13. The third-order valence-electron chi connectivity index (χ3n) is 2.88. The van der Waals surface area contributed by atoms with Crippen LogP contribution in [-0.2, 0) is 13.0 Å². The lowest BCUT2D eigenvalue weighted by atomic mass is 10.3. The van der Waals surface area contributed by atoms with Gasteiger partial charge in [-0.15, -0.1) is 11.3 Å². The molecule has 3 aromatic heterocycles. The van der Waals surface area contributed by atoms with E-state index in [1.807, 2.05) is 16.8 Å². The molecular weight excluding hydrogens is 320 g/mol. The first-order valence-electron chi connectivity index (χ1n) is 6.84. The number of aryl methyl sites for hydroxylation is 1. The number of hydrogen-bond acceptors (Lipinski definition) is 7. The van der Waals surface area contributed by atoms with Crippen molar-refractivity contribution in [2.24, 2.45) is 0 Å². The molecule has 0 aliphatic carbocycles. The number of carbonyl (C=O) groups is 1. The molecule has 6 nitrogen and oxygen atoms in total. The van der Waals surface area contributed by atoms with Crippen LogP contribution in [0.2, 0.25) is 0 Å². The molecule has 0 saturated carbocycles. The van der Waals surface area contributed by atoms with E-state index in [9.17, 15) is 4.79 Å². The Kier molecular flexibility index (Phi) is 4.59. The van der Waals surface area contributed by atoms with Crippen LogP contribution in [0.25, 0.3) is 11.5 Å². The predicted molar refractivity (Wildman–Crippen MR) is 84.9 cm³/mol. The van der Waals surface area contributed by atoms with Crippen LogP contribution in [-0.4, -0.2) is 21.0 Å². The maximum Gasteiger partial charge on any atom is 0.263 e. The van der Waals surface area contributed by atoms with Gasteiger partial charge in [-0.3, -0.25) is 4.79 Å². The van der Waals surface area contributed by atoms with E-state index in [1.165, 1.54) is 11.3 Å². The molecule has 0 spiro atoms. The summed E-state index contributed by atoms with van der Waals surface area (Å²) in [6, 6.07) is 1.91. The van der Waals surface area contributed by atoms with Crippen LogP contribution in [0.5, 0.6) is 0 Å². The second kappa shape index (κ2) is 6.80. The quantitative estimate of drug-likeness (QED) is 0.749. The van der Waals surface area contributed by atoms with Crippen LogP contribution in [0.3, 0.4) is 0 Å². The minimum atomic E-state index is -0.165. The molecule has 0 aliphatic heterocycles. The molecule has 1 amide bonds. The van der Waals surface area contributed by atoms with Crippen molar-refractivity contribution < 1.29 is 9.32 Å². The van der Waals surface area contributed by atoms with Crippen molar-refractivity contribution in [2.75, 3.05) is 0 Å². The van der Waals surface area contributed by atoms with Gasteiger partial charge in [-0.25, -0.2) is 4.98 Å². The average Bonchev–Trinajstić information content (AvgIpc) is 3.25. The normalized spacial score (nSPS) is 10.8. The van der Waals surface area contributed by atoms with Crippen molar-refractivity contribution in [3.8, 4) is 11.5 Å². The molecule has 0 aromatic carbocycles. The molecular formula is C14H14N4O2S2. The van der Waals surface area contributed by atoms with Crippen LogP contribution in [0.15, 0.2) is 27.5 Å². The molecule has 1 N–H and O–H groups in total. The maximum absolute atomic E-state index is 12.0. The minimum Gasteiger partial charge on any atom is -0.344 e. The average molecular weight is 334 g/mol. The minimum absolute atomic E-state index is 0.165. The van der Waals surface area contributed by atoms with Gasteiger partial charge in [-0.2, -0.15) is 16.3 Å². The second-order valence-electron chi connectivity index (χ2n) is 4.58. The predicted octanol–water partition coefficient (Wildman–Crippen LogP) is 3.14. The first-order valence-corrected chi connectivity index (χ1v) is 8.60. The van der Waals surface area contributed by atoms with Gasteiger partial charge in [0.05, 0.1) is 23.3 Å². The summed E-state index contributed by atoms with van der Waals surface area (Å²) in [5, 5.41) is 11.5. The van der Waals surface area contributed by atoms with Gasteiger partial charge in [0.1, 0.15) is 4.88 Å². The molecule has 0 fully saturated rings. The number of thiophene rings is 1. The molecule has 8 heteroatoms. The molecule has 0 atom stereocenters. The molecule has 22 heavy (non-hydrogen) atoms. The Bertz CT molecular complexity index is 749. The first-order chi connectivity index (χ1) is 10.8. The van der Waals surface area contributed by atoms with Crippen molar-refractivity contribution in [2.45, 2.75) is 26.3 Å². The number of amides is 1. The number of rotatable bonds is 6. The van der Waals surface area contributed by atoms with Crippen molar-refractivity contribution in [3.63, 3.8) is 0 Å². The summed E-state index contributed by atoms with van der Waals surface area (Å²) in [7, 11) is 0. The van der Waals surface area contributed by atoms with Crippen molar-refractivity contribution in [3.05, 3.63) is 38.7 Å². The van der Waals surface area contributed by atoms with Gasteiger partial charge in [-0.05, 0) is 24.3 Å². The lowest BCUT2D eigenvalue weighted by Crippen LogP contribution is -2.22. The Balaban J connectivity index is 1.58. The zero-order chi connectivity index (χ0) is 15.4. The number of nitrogens with zero attached hydrogens (tertiary/aromatic N) is 3. The van der Waals surface area contributed by atoms with Gasteiger partial charge in [-0.1, -0.05) is 12.1 Å². The number of nitrogens with one attached hydrogen (secondary N) is 1. The standard InChI is InChI=1S/C14H14N4O2S2/c1-2-3-12-15-6-10(22-12)13(19)16-7-11-17-14(20-18-11)9-4-5-21-8-9/h4-6,8H,2-3,7H2,1H3,(H,16,19). The highest BCUT2D eigenvalue weighted by Crippen LogP contribution is 2.20. The molecule has 0 unspecified atom stereocenters. The Morgan fingerprint density at radius 3 is 3.14 bits per heavy atom. The van der Waals surface area contributed by atoms with Crippen molar-refractivity contribution in [1.29, 1.82) is 0 Å². The summed E-state index contributed by atoms with van der Waals surface area (Å²) in [5.41, 5.74) is 0.891. The molecule has 0 radical (unpaired) electrons. The molecule has 3 aromatic rings. The molecule has 114 valence electrons. The Morgan fingerprint density at radius 1 is 1.45 bits per heavy atom. The molecule has 0 aliphatic rings. The smallest absolute Gasteiger partial charge is 0.263 e. The fraction of sp³-hybridized carbons (Fsp3) is 0.286. The van der Waals surface area contributed by atoms with E-state index in [0.29, 0.717) is 16.6 Å². The van der Waals surface area contributed by atoms with Crippen molar-refractivity contribution >= 4 is 28.6 Å². The van der Waals surface area contributed by atoms with Crippen LogP contribution in [0.1, 0.15) is 33.8 Å². The van der Waals surface area contributed by atoms with Gasteiger partial charge < -0.3 is 9.84 Å². The Labute approximate surface area is 135 Å². The summed E-state index contributed by atoms with van der Waals surface area (Å²) in [4.78, 5) is 21.1. The molecule has 3 rings (SSSR count). The SMILES string of the molecule is CCCc1ncc(C(=O)NCc2noc(-c3ccsc3)n2)s1. The Morgan fingerprint density at radius 2 is 2.36 bits per heavy atom. The van der Waals surface area contributed by atoms with E-state index in [2.05, 4.69) is 27.4 Å². The highest BCUT2D eigenvalue weighted by Gasteiger charge is 2.13.